The molecule has 1 saturated carbocycles. The summed E-state index contributed by atoms with van der Waals surface area (Å²) >= 11 is 0. The minimum Gasteiger partial charge on any atom is -0.379 e. The van der Waals surface area contributed by atoms with Crippen LogP contribution < -0.4 is 10.6 Å². The second kappa shape index (κ2) is 13.6. The molecule has 9 nitrogen and oxygen atoms in total. The molecule has 0 radical (unpaired) electrons. The van der Waals surface area contributed by atoms with E-state index in [1.54, 1.807) is 19.1 Å². The zero-order valence-corrected chi connectivity index (χ0v) is 23.4. The Morgan fingerprint density at radius 2 is 1.80 bits per heavy atom. The Morgan fingerprint density at radius 3 is 2.48 bits per heavy atom. The standard InChI is InChI=1S/C31H38N2O7/c1-5-6-11-19(2)16-20(3)17-21(4)30(38)32-22-18-31(39,29-28(40-29)27(22)37)15-10-8-7-9-12-25(36)33-26-23(34)13-14-24(26)35/h7-10,12,15-19,26,28-29,39H,5-6,11,13-14H2,1-4H3,(H,32,38)(H,33,36)/b8-7+,12-9+,15-10+,20-16+,21-17+/t19-,28-,29-,31+/m1/s1. The van der Waals surface area contributed by atoms with Crippen molar-refractivity contribution < 1.29 is 33.8 Å². The molecule has 0 aromatic heterocycles. The van der Waals surface area contributed by atoms with Gasteiger partial charge in [0, 0.05) is 24.5 Å². The van der Waals surface area contributed by atoms with Crippen LogP contribution >= 0.6 is 0 Å². The maximum Gasteiger partial charge on any atom is 0.251 e. The largest absolute Gasteiger partial charge is 0.379 e. The summed E-state index contributed by atoms with van der Waals surface area (Å²) < 4.78 is 5.38. The molecule has 0 unspecified atom stereocenters. The summed E-state index contributed by atoms with van der Waals surface area (Å²) in [5.74, 6) is -1.59. The number of allylic oxidation sites excluding steroid dienone is 7. The third-order valence-corrected chi connectivity index (χ3v) is 6.95. The highest BCUT2D eigenvalue weighted by Gasteiger charge is 2.59. The summed E-state index contributed by atoms with van der Waals surface area (Å²) in [7, 11) is 0. The fourth-order valence-electron chi connectivity index (χ4n) is 4.72. The van der Waals surface area contributed by atoms with E-state index in [2.05, 4.69) is 30.6 Å². The van der Waals surface area contributed by atoms with Gasteiger partial charge in [0.05, 0.1) is 5.70 Å². The number of amides is 2. The topological polar surface area (TPSA) is 142 Å². The van der Waals surface area contributed by atoms with E-state index < -0.39 is 41.4 Å². The summed E-state index contributed by atoms with van der Waals surface area (Å²) in [4.78, 5) is 60.6. The van der Waals surface area contributed by atoms with Gasteiger partial charge in [0.15, 0.2) is 17.7 Å². The lowest BCUT2D eigenvalue weighted by molar-refractivity contribution is -0.129. The molecule has 0 aromatic rings. The lowest BCUT2D eigenvalue weighted by Crippen LogP contribution is -2.42. The second-order valence-electron chi connectivity index (χ2n) is 10.6. The normalized spacial score (nSPS) is 26.5. The highest BCUT2D eigenvalue weighted by atomic mass is 16.6. The van der Waals surface area contributed by atoms with E-state index in [1.807, 2.05) is 6.92 Å². The molecule has 2 fully saturated rings. The van der Waals surface area contributed by atoms with E-state index in [1.165, 1.54) is 36.5 Å². The second-order valence-corrected chi connectivity index (χ2v) is 10.6. The van der Waals surface area contributed by atoms with Gasteiger partial charge in [-0.15, -0.1) is 0 Å². The van der Waals surface area contributed by atoms with Crippen LogP contribution in [0.2, 0.25) is 0 Å². The molecule has 3 aliphatic rings. The van der Waals surface area contributed by atoms with Crippen LogP contribution in [0.25, 0.3) is 0 Å². The molecule has 9 heteroatoms. The van der Waals surface area contributed by atoms with Crippen LogP contribution in [0.3, 0.4) is 0 Å². The van der Waals surface area contributed by atoms with Crippen molar-refractivity contribution in [2.45, 2.75) is 83.6 Å². The van der Waals surface area contributed by atoms with Crippen LogP contribution in [0.5, 0.6) is 0 Å². The van der Waals surface area contributed by atoms with Gasteiger partial charge in [-0.25, -0.2) is 0 Å². The fourth-order valence-corrected chi connectivity index (χ4v) is 4.72. The minimum atomic E-state index is -1.61. The lowest BCUT2D eigenvalue weighted by atomic mass is 9.88. The summed E-state index contributed by atoms with van der Waals surface area (Å²) in [5, 5.41) is 16.1. The molecule has 3 rings (SSSR count). The summed E-state index contributed by atoms with van der Waals surface area (Å²) in [6.07, 6.45) is 15.9. The molecule has 2 aliphatic carbocycles. The Bertz CT molecular complexity index is 1220. The molecule has 2 amide bonds. The average molecular weight is 551 g/mol. The lowest BCUT2D eigenvalue weighted by Gasteiger charge is -2.23. The Labute approximate surface area is 234 Å². The van der Waals surface area contributed by atoms with Crippen molar-refractivity contribution in [3.8, 4) is 0 Å². The number of hydrogen-bond acceptors (Lipinski definition) is 7. The molecule has 0 spiro atoms. The molecule has 1 saturated heterocycles. The monoisotopic (exact) mass is 550 g/mol. The Hall–Kier alpha value is -3.69. The van der Waals surface area contributed by atoms with Crippen LogP contribution in [0.15, 0.2) is 71.5 Å². The maximum atomic E-state index is 12.8. The van der Waals surface area contributed by atoms with Crippen molar-refractivity contribution in [2.24, 2.45) is 5.92 Å². The fraction of sp³-hybridized carbons (Fsp3) is 0.452. The molecule has 1 heterocycles. The van der Waals surface area contributed by atoms with E-state index in [-0.39, 0.29) is 30.1 Å². The summed E-state index contributed by atoms with van der Waals surface area (Å²) in [6, 6.07) is -1.07. The predicted octanol–water partition coefficient (Wildman–Crippen LogP) is 2.87. The van der Waals surface area contributed by atoms with E-state index in [9.17, 15) is 29.1 Å². The van der Waals surface area contributed by atoms with E-state index >= 15 is 0 Å². The molecule has 3 N–H and O–H groups in total. The Morgan fingerprint density at radius 1 is 1.12 bits per heavy atom. The number of nitrogens with one attached hydrogen (secondary N) is 2. The van der Waals surface area contributed by atoms with Gasteiger partial charge in [-0.05, 0) is 38.3 Å². The first-order chi connectivity index (χ1) is 18.9. The van der Waals surface area contributed by atoms with E-state index in [4.69, 9.17) is 4.74 Å². The number of rotatable bonds is 12. The maximum absolute atomic E-state index is 12.8. The van der Waals surface area contributed by atoms with Gasteiger partial charge >= 0.3 is 0 Å². The molecule has 4 atom stereocenters. The number of epoxide rings is 1. The van der Waals surface area contributed by atoms with Crippen molar-refractivity contribution in [3.63, 3.8) is 0 Å². The van der Waals surface area contributed by atoms with Gasteiger partial charge in [-0.2, -0.15) is 0 Å². The van der Waals surface area contributed by atoms with Gasteiger partial charge in [-0.3, -0.25) is 24.0 Å². The number of carbonyl (C=O) groups excluding carboxylic acids is 5. The predicted molar refractivity (Wildman–Crippen MR) is 150 cm³/mol. The summed E-state index contributed by atoms with van der Waals surface area (Å²) in [5.41, 5.74) is -0.247. The Balaban J connectivity index is 1.59. The van der Waals surface area contributed by atoms with Gasteiger partial charge < -0.3 is 20.5 Å². The zero-order chi connectivity index (χ0) is 29.4. The number of unbranched alkanes of at least 4 members (excludes halogenated alkanes) is 1. The van der Waals surface area contributed by atoms with Gasteiger partial charge in [0.2, 0.25) is 11.7 Å². The van der Waals surface area contributed by atoms with Crippen molar-refractivity contribution in [3.05, 3.63) is 71.5 Å². The van der Waals surface area contributed by atoms with Crippen LogP contribution in [-0.2, 0) is 28.7 Å². The number of hydrogen-bond donors (Lipinski definition) is 3. The Kier molecular flexibility index (Phi) is 10.5. The smallest absolute Gasteiger partial charge is 0.251 e. The van der Waals surface area contributed by atoms with Gasteiger partial charge in [-0.1, -0.05) is 68.7 Å². The van der Waals surface area contributed by atoms with Crippen molar-refractivity contribution in [1.82, 2.24) is 10.6 Å². The molecular formula is C31H38N2O7. The minimum absolute atomic E-state index is 0.0295. The number of Topliss-reactive ketones (excluding diaryl/α,β-unsaturated/α-hetero) is 3. The quantitative estimate of drug-likeness (QED) is 0.147. The first kappa shape index (κ1) is 30.8. The summed E-state index contributed by atoms with van der Waals surface area (Å²) in [6.45, 7) is 7.89. The number of ether oxygens (including phenoxy) is 1. The van der Waals surface area contributed by atoms with Gasteiger partial charge in [0.25, 0.3) is 5.91 Å². The van der Waals surface area contributed by atoms with Crippen molar-refractivity contribution in [1.29, 1.82) is 0 Å². The van der Waals surface area contributed by atoms with E-state index in [0.29, 0.717) is 11.5 Å². The number of aliphatic hydroxyl groups is 1. The van der Waals surface area contributed by atoms with Crippen LogP contribution in [0.1, 0.15) is 59.8 Å². The van der Waals surface area contributed by atoms with Gasteiger partial charge in [0.1, 0.15) is 17.7 Å². The van der Waals surface area contributed by atoms with Crippen LogP contribution in [0, 0.1) is 5.92 Å². The van der Waals surface area contributed by atoms with Crippen LogP contribution in [-0.4, -0.2) is 58.1 Å². The zero-order valence-electron chi connectivity index (χ0n) is 23.4. The number of fused-ring (bicyclic) bond motifs is 1. The molecule has 0 aromatic carbocycles. The highest BCUT2D eigenvalue weighted by molar-refractivity contribution is 6.14. The van der Waals surface area contributed by atoms with Crippen LogP contribution in [0.4, 0.5) is 0 Å². The third kappa shape index (κ3) is 8.16. The first-order valence-electron chi connectivity index (χ1n) is 13.7. The molecule has 0 bridgehead atoms. The van der Waals surface area contributed by atoms with Crippen molar-refractivity contribution in [2.75, 3.05) is 0 Å². The number of ketones is 3. The molecule has 40 heavy (non-hydrogen) atoms. The number of carbonyl (C=O) groups is 5. The molecule has 1 aliphatic heterocycles. The molecule has 214 valence electrons. The van der Waals surface area contributed by atoms with E-state index in [0.717, 1.165) is 24.8 Å². The van der Waals surface area contributed by atoms with Crippen molar-refractivity contribution >= 4 is 29.2 Å². The average Bonchev–Trinajstić information content (AvgIpc) is 3.66. The first-order valence-corrected chi connectivity index (χ1v) is 13.7. The third-order valence-electron chi connectivity index (χ3n) is 6.95. The SMILES string of the molecule is CCCC[C@@H](C)/C=C(C)/C=C(\C)C(=O)NC1=C[C@@](O)(/C=C/C=C/C=C/C(=O)NC2C(=O)CCC2=O)[C@@H]2O[C@@H]2C1=O. The molecular weight excluding hydrogens is 512 g/mol. The highest BCUT2D eigenvalue weighted by Crippen LogP contribution is 2.40.